The van der Waals surface area contributed by atoms with E-state index in [1.807, 2.05) is 25.5 Å². The Morgan fingerprint density at radius 1 is 1.12 bits per heavy atom. The number of nitrogens with zero attached hydrogens (tertiary/aromatic N) is 4. The van der Waals surface area contributed by atoms with Gasteiger partial charge in [-0.1, -0.05) is 11.8 Å². The maximum Gasteiger partial charge on any atom is 0.191 e. The summed E-state index contributed by atoms with van der Waals surface area (Å²) in [5, 5.41) is 19.3. The minimum atomic E-state index is -0.644. The van der Waals surface area contributed by atoms with Crippen LogP contribution in [0.1, 0.15) is 34.1 Å². The molecule has 132 valence electrons. The van der Waals surface area contributed by atoms with Crippen LogP contribution in [0.5, 0.6) is 0 Å². The molecule has 6 heteroatoms. The third-order valence-corrected chi connectivity index (χ3v) is 5.06. The molecule has 2 rings (SSSR count). The van der Waals surface area contributed by atoms with Crippen LogP contribution >= 0.6 is 11.8 Å². The van der Waals surface area contributed by atoms with Crippen molar-refractivity contribution in [3.63, 3.8) is 0 Å². The van der Waals surface area contributed by atoms with Crippen LogP contribution in [0, 0.1) is 0 Å². The van der Waals surface area contributed by atoms with E-state index in [0.717, 1.165) is 41.8 Å². The Bertz CT molecular complexity index is 642. The summed E-state index contributed by atoms with van der Waals surface area (Å²) in [6, 6.07) is 8.47. The van der Waals surface area contributed by atoms with Crippen LogP contribution in [0.25, 0.3) is 11.4 Å². The molecule has 0 radical (unpaired) electrons. The number of aromatic nitrogens is 3. The number of aliphatic hydroxyl groups is 1. The molecule has 0 fully saturated rings. The lowest BCUT2D eigenvalue weighted by Crippen LogP contribution is -2.21. The molecule has 0 unspecified atom stereocenters. The zero-order valence-electron chi connectivity index (χ0n) is 15.3. The van der Waals surface area contributed by atoms with Crippen LogP contribution in [0.3, 0.4) is 0 Å². The minimum absolute atomic E-state index is 0.644. The number of hydrogen-bond acceptors (Lipinski definition) is 5. The second kappa shape index (κ2) is 8.03. The first-order valence-electron chi connectivity index (χ1n) is 8.45. The van der Waals surface area contributed by atoms with Crippen LogP contribution in [0.4, 0.5) is 5.69 Å². The molecule has 1 aromatic carbocycles. The molecule has 0 atom stereocenters. The number of benzene rings is 1. The number of thioether (sulfide) groups is 1. The van der Waals surface area contributed by atoms with E-state index in [2.05, 4.69) is 53.2 Å². The molecule has 1 N–H and O–H groups in total. The van der Waals surface area contributed by atoms with Crippen molar-refractivity contribution >= 4 is 17.4 Å². The Balaban J connectivity index is 2.10. The van der Waals surface area contributed by atoms with Gasteiger partial charge in [0.2, 0.25) is 0 Å². The quantitative estimate of drug-likeness (QED) is 0.739. The summed E-state index contributed by atoms with van der Waals surface area (Å²) in [5.74, 6) is 1.68. The summed E-state index contributed by atoms with van der Waals surface area (Å²) in [6.45, 7) is 9.98. The van der Waals surface area contributed by atoms with Crippen molar-refractivity contribution in [2.75, 3.05) is 23.7 Å². The first-order valence-corrected chi connectivity index (χ1v) is 9.44. The van der Waals surface area contributed by atoms with Crippen molar-refractivity contribution in [1.82, 2.24) is 14.8 Å². The molecule has 0 amide bonds. The molecule has 0 bridgehead atoms. The lowest BCUT2D eigenvalue weighted by atomic mass is 10.1. The molecule has 0 aliphatic heterocycles. The Hall–Kier alpha value is -1.53. The van der Waals surface area contributed by atoms with E-state index in [0.29, 0.717) is 0 Å². The number of hydrogen-bond donors (Lipinski definition) is 1. The van der Waals surface area contributed by atoms with Gasteiger partial charge < -0.3 is 14.6 Å². The molecule has 1 aromatic heterocycles. The van der Waals surface area contributed by atoms with Crippen LogP contribution in [-0.2, 0) is 7.05 Å². The maximum atomic E-state index is 9.80. The largest absolute Gasteiger partial charge is 0.390 e. The third kappa shape index (κ3) is 4.74. The fourth-order valence-electron chi connectivity index (χ4n) is 2.49. The summed E-state index contributed by atoms with van der Waals surface area (Å²) < 4.78 is 2.02. The highest BCUT2D eigenvalue weighted by atomic mass is 32.2. The normalized spacial score (nSPS) is 11.8. The fraction of sp³-hybridized carbons (Fsp3) is 0.556. The molecular formula is C18H28N4OS. The molecule has 5 nitrogen and oxygen atoms in total. The van der Waals surface area contributed by atoms with E-state index >= 15 is 0 Å². The van der Waals surface area contributed by atoms with E-state index in [-0.39, 0.29) is 0 Å². The fourth-order valence-corrected chi connectivity index (χ4v) is 3.66. The average Bonchev–Trinajstić information content (AvgIpc) is 2.89. The van der Waals surface area contributed by atoms with E-state index in [1.54, 1.807) is 11.8 Å². The molecule has 0 aliphatic carbocycles. The van der Waals surface area contributed by atoms with Crippen molar-refractivity contribution in [3.8, 4) is 11.4 Å². The molecule has 0 saturated heterocycles. The summed E-state index contributed by atoms with van der Waals surface area (Å²) in [5.41, 5.74) is 1.65. The minimum Gasteiger partial charge on any atom is -0.390 e. The molecule has 0 aliphatic rings. The summed E-state index contributed by atoms with van der Waals surface area (Å²) in [7, 11) is 1.99. The van der Waals surface area contributed by atoms with Gasteiger partial charge in [-0.2, -0.15) is 0 Å². The summed E-state index contributed by atoms with van der Waals surface area (Å²) in [6.07, 6.45) is 0.721. The van der Waals surface area contributed by atoms with Gasteiger partial charge in [0.15, 0.2) is 11.0 Å². The van der Waals surface area contributed by atoms with Crippen molar-refractivity contribution in [2.24, 2.45) is 7.05 Å². The van der Waals surface area contributed by atoms with Gasteiger partial charge in [-0.15, -0.1) is 10.2 Å². The topological polar surface area (TPSA) is 54.2 Å². The van der Waals surface area contributed by atoms with Gasteiger partial charge in [0.1, 0.15) is 0 Å². The standard InChI is InChI=1S/C18H28N4OS/c1-6-22(7-2)15-10-8-14(9-11-15)16-19-20-17(21(16)5)24-13-12-18(3,4)23/h8-11,23H,6-7,12-13H2,1-5H3. The monoisotopic (exact) mass is 348 g/mol. The van der Waals surface area contributed by atoms with Crippen LogP contribution in [-0.4, -0.2) is 44.3 Å². The van der Waals surface area contributed by atoms with Crippen LogP contribution in [0.2, 0.25) is 0 Å². The van der Waals surface area contributed by atoms with Crippen molar-refractivity contribution < 1.29 is 5.11 Å². The molecule has 1 heterocycles. The van der Waals surface area contributed by atoms with Gasteiger partial charge in [0.05, 0.1) is 5.60 Å². The first kappa shape index (κ1) is 18.8. The SMILES string of the molecule is CCN(CC)c1ccc(-c2nnc(SCCC(C)(C)O)n2C)cc1. The maximum absolute atomic E-state index is 9.80. The van der Waals surface area contributed by atoms with Crippen molar-refractivity contribution in [2.45, 2.75) is 44.9 Å². The van der Waals surface area contributed by atoms with Gasteiger partial charge in [-0.25, -0.2) is 0 Å². The van der Waals surface area contributed by atoms with Crippen LogP contribution < -0.4 is 4.90 Å². The van der Waals surface area contributed by atoms with Gasteiger partial charge in [-0.05, 0) is 58.4 Å². The number of rotatable bonds is 8. The second-order valence-corrected chi connectivity index (χ2v) is 7.56. The zero-order valence-corrected chi connectivity index (χ0v) is 16.1. The van der Waals surface area contributed by atoms with E-state index < -0.39 is 5.60 Å². The smallest absolute Gasteiger partial charge is 0.191 e. The average molecular weight is 349 g/mol. The summed E-state index contributed by atoms with van der Waals surface area (Å²) in [4.78, 5) is 2.32. The zero-order chi connectivity index (χ0) is 17.7. The number of anilines is 1. The van der Waals surface area contributed by atoms with E-state index in [4.69, 9.17) is 0 Å². The highest BCUT2D eigenvalue weighted by Crippen LogP contribution is 2.26. The predicted octanol–water partition coefficient (Wildman–Crippen LogP) is 3.58. The molecule has 2 aromatic rings. The van der Waals surface area contributed by atoms with E-state index in [1.165, 1.54) is 5.69 Å². The van der Waals surface area contributed by atoms with Crippen molar-refractivity contribution in [1.29, 1.82) is 0 Å². The predicted molar refractivity (Wildman–Crippen MR) is 102 cm³/mol. The van der Waals surface area contributed by atoms with Gasteiger partial charge in [0, 0.05) is 37.1 Å². The Labute approximate surface area is 149 Å². The highest BCUT2D eigenvalue weighted by molar-refractivity contribution is 7.99. The highest BCUT2D eigenvalue weighted by Gasteiger charge is 2.15. The van der Waals surface area contributed by atoms with Gasteiger partial charge in [0.25, 0.3) is 0 Å². The lowest BCUT2D eigenvalue weighted by Gasteiger charge is -2.21. The van der Waals surface area contributed by atoms with E-state index in [9.17, 15) is 5.11 Å². The van der Waals surface area contributed by atoms with Gasteiger partial charge in [-0.3, -0.25) is 0 Å². The summed E-state index contributed by atoms with van der Waals surface area (Å²) >= 11 is 1.63. The molecule has 0 spiro atoms. The third-order valence-electron chi connectivity index (χ3n) is 4.03. The Morgan fingerprint density at radius 2 is 1.75 bits per heavy atom. The second-order valence-electron chi connectivity index (χ2n) is 6.50. The molecular weight excluding hydrogens is 320 g/mol. The first-order chi connectivity index (χ1) is 11.4. The molecule has 0 saturated carbocycles. The van der Waals surface area contributed by atoms with Gasteiger partial charge >= 0.3 is 0 Å². The lowest BCUT2D eigenvalue weighted by molar-refractivity contribution is 0.0777. The Morgan fingerprint density at radius 3 is 2.29 bits per heavy atom. The molecule has 24 heavy (non-hydrogen) atoms. The Kier molecular flexibility index (Phi) is 6.29. The van der Waals surface area contributed by atoms with Crippen LogP contribution in [0.15, 0.2) is 29.4 Å². The van der Waals surface area contributed by atoms with Crippen molar-refractivity contribution in [3.05, 3.63) is 24.3 Å².